The van der Waals surface area contributed by atoms with Gasteiger partial charge in [0, 0.05) is 12.6 Å². The van der Waals surface area contributed by atoms with Crippen molar-refractivity contribution < 1.29 is 19.5 Å². The topological polar surface area (TPSA) is 104 Å². The fourth-order valence-corrected chi connectivity index (χ4v) is 1.58. The Morgan fingerprint density at radius 1 is 1.21 bits per heavy atom. The van der Waals surface area contributed by atoms with Gasteiger partial charge < -0.3 is 20.6 Å². The number of rotatable bonds is 8. The molecule has 3 N–H and O–H groups in total. The molecule has 19 heavy (non-hydrogen) atoms. The maximum Gasteiger partial charge on any atom is 0.323 e. The van der Waals surface area contributed by atoms with Crippen LogP contribution in [0.5, 0.6) is 0 Å². The molecular formula is C12H23N3O4. The number of nitrogens with two attached hydrogens (primary N) is 1. The first-order valence-electron chi connectivity index (χ1n) is 6.35. The first kappa shape index (κ1) is 17.2. The van der Waals surface area contributed by atoms with Crippen LogP contribution in [0.25, 0.3) is 0 Å². The van der Waals surface area contributed by atoms with Crippen LogP contribution in [0.2, 0.25) is 0 Å². The summed E-state index contributed by atoms with van der Waals surface area (Å²) < 4.78 is 0. The Morgan fingerprint density at radius 3 is 2.16 bits per heavy atom. The standard InChI is InChI=1S/C12H23N3O4/c1-4-5-6-14(7-10(13)16)12(19)15(9(2)3)8-11(17)18/h9H,4-8H2,1-3H3,(H2,13,16)(H,17,18). The number of primary amides is 1. The number of carboxylic acids is 1. The van der Waals surface area contributed by atoms with Gasteiger partial charge in [-0.1, -0.05) is 13.3 Å². The summed E-state index contributed by atoms with van der Waals surface area (Å²) >= 11 is 0. The number of hydrogen-bond acceptors (Lipinski definition) is 3. The average molecular weight is 273 g/mol. The number of urea groups is 1. The highest BCUT2D eigenvalue weighted by molar-refractivity contribution is 5.85. The van der Waals surface area contributed by atoms with E-state index in [1.807, 2.05) is 6.92 Å². The number of amides is 3. The van der Waals surface area contributed by atoms with Crippen LogP contribution in [-0.4, -0.2) is 58.5 Å². The molecule has 0 aliphatic rings. The van der Waals surface area contributed by atoms with Gasteiger partial charge in [-0.2, -0.15) is 0 Å². The highest BCUT2D eigenvalue weighted by Crippen LogP contribution is 2.06. The van der Waals surface area contributed by atoms with Gasteiger partial charge in [-0.05, 0) is 20.3 Å². The second-order valence-electron chi connectivity index (χ2n) is 4.64. The van der Waals surface area contributed by atoms with Gasteiger partial charge in [0.25, 0.3) is 0 Å². The Hall–Kier alpha value is -1.79. The quantitative estimate of drug-likeness (QED) is 0.671. The molecule has 0 heterocycles. The van der Waals surface area contributed by atoms with E-state index in [-0.39, 0.29) is 12.6 Å². The molecule has 0 spiro atoms. The van der Waals surface area contributed by atoms with Crippen molar-refractivity contribution in [3.05, 3.63) is 0 Å². The number of carbonyl (C=O) groups is 3. The number of carbonyl (C=O) groups excluding carboxylic acids is 2. The van der Waals surface area contributed by atoms with E-state index < -0.39 is 24.5 Å². The Balaban J connectivity index is 4.88. The molecule has 0 saturated carbocycles. The monoisotopic (exact) mass is 273 g/mol. The van der Waals surface area contributed by atoms with E-state index in [0.717, 1.165) is 12.8 Å². The highest BCUT2D eigenvalue weighted by Gasteiger charge is 2.25. The zero-order valence-corrected chi connectivity index (χ0v) is 11.8. The molecule has 3 amide bonds. The average Bonchev–Trinajstić information content (AvgIpc) is 2.29. The summed E-state index contributed by atoms with van der Waals surface area (Å²) in [5.74, 6) is -1.69. The van der Waals surface area contributed by atoms with Crippen molar-refractivity contribution in [2.24, 2.45) is 5.73 Å². The summed E-state index contributed by atoms with van der Waals surface area (Å²) in [7, 11) is 0. The van der Waals surface area contributed by atoms with E-state index in [1.54, 1.807) is 13.8 Å². The van der Waals surface area contributed by atoms with E-state index in [2.05, 4.69) is 0 Å². The Labute approximate surface area is 113 Å². The van der Waals surface area contributed by atoms with Crippen LogP contribution in [-0.2, 0) is 9.59 Å². The molecule has 0 saturated heterocycles. The molecule has 0 aromatic rings. The van der Waals surface area contributed by atoms with E-state index in [9.17, 15) is 14.4 Å². The van der Waals surface area contributed by atoms with Gasteiger partial charge in [-0.3, -0.25) is 9.59 Å². The van der Waals surface area contributed by atoms with E-state index in [1.165, 1.54) is 9.80 Å². The van der Waals surface area contributed by atoms with Gasteiger partial charge in [0.2, 0.25) is 5.91 Å². The van der Waals surface area contributed by atoms with Crippen LogP contribution in [0.3, 0.4) is 0 Å². The number of aliphatic carboxylic acids is 1. The molecule has 0 aliphatic carbocycles. The lowest BCUT2D eigenvalue weighted by atomic mass is 10.3. The van der Waals surface area contributed by atoms with Crippen LogP contribution >= 0.6 is 0 Å². The lowest BCUT2D eigenvalue weighted by molar-refractivity contribution is -0.138. The number of hydrogen-bond donors (Lipinski definition) is 2. The fourth-order valence-electron chi connectivity index (χ4n) is 1.58. The van der Waals surface area contributed by atoms with E-state index >= 15 is 0 Å². The van der Waals surface area contributed by atoms with Crippen molar-refractivity contribution in [2.75, 3.05) is 19.6 Å². The third-order valence-electron chi connectivity index (χ3n) is 2.57. The molecule has 0 aromatic heterocycles. The summed E-state index contributed by atoms with van der Waals surface area (Å²) in [5.41, 5.74) is 5.11. The maximum absolute atomic E-state index is 12.2. The minimum absolute atomic E-state index is 0.193. The van der Waals surface area contributed by atoms with Gasteiger partial charge in [-0.15, -0.1) is 0 Å². The largest absolute Gasteiger partial charge is 0.480 e. The van der Waals surface area contributed by atoms with Crippen molar-refractivity contribution in [2.45, 2.75) is 39.7 Å². The predicted molar refractivity (Wildman–Crippen MR) is 70.5 cm³/mol. The van der Waals surface area contributed by atoms with Crippen molar-refractivity contribution >= 4 is 17.9 Å². The van der Waals surface area contributed by atoms with Crippen molar-refractivity contribution in [3.63, 3.8) is 0 Å². The molecule has 0 fully saturated rings. The number of nitrogens with zero attached hydrogens (tertiary/aromatic N) is 2. The van der Waals surface area contributed by atoms with Gasteiger partial charge in [-0.25, -0.2) is 4.79 Å². The predicted octanol–water partition coefficient (Wildman–Crippen LogP) is 0.489. The second-order valence-corrected chi connectivity index (χ2v) is 4.64. The van der Waals surface area contributed by atoms with Gasteiger partial charge in [0.05, 0.1) is 0 Å². The second kappa shape index (κ2) is 8.34. The minimum atomic E-state index is -1.09. The maximum atomic E-state index is 12.2. The molecule has 0 aromatic carbocycles. The lowest BCUT2D eigenvalue weighted by Gasteiger charge is -2.31. The normalized spacial score (nSPS) is 10.3. The van der Waals surface area contributed by atoms with Gasteiger partial charge in [0.15, 0.2) is 0 Å². The summed E-state index contributed by atoms with van der Waals surface area (Å²) in [6, 6.07) is -0.731. The van der Waals surface area contributed by atoms with Crippen LogP contribution in [0.4, 0.5) is 4.79 Å². The first-order valence-corrected chi connectivity index (χ1v) is 6.35. The summed E-state index contributed by atoms with van der Waals surface area (Å²) in [6.07, 6.45) is 1.60. The summed E-state index contributed by atoms with van der Waals surface area (Å²) in [4.78, 5) is 36.5. The van der Waals surface area contributed by atoms with E-state index in [4.69, 9.17) is 10.8 Å². The van der Waals surface area contributed by atoms with Crippen molar-refractivity contribution in [1.82, 2.24) is 9.80 Å². The molecule has 0 unspecified atom stereocenters. The number of carboxylic acid groups (broad SMARTS) is 1. The zero-order valence-electron chi connectivity index (χ0n) is 11.8. The van der Waals surface area contributed by atoms with Gasteiger partial charge >= 0.3 is 12.0 Å². The molecule has 0 bridgehead atoms. The zero-order chi connectivity index (χ0) is 15.0. The Morgan fingerprint density at radius 2 is 1.79 bits per heavy atom. The van der Waals surface area contributed by atoms with Crippen LogP contribution in [0, 0.1) is 0 Å². The summed E-state index contributed by atoms with van der Waals surface area (Å²) in [5, 5.41) is 8.82. The molecule has 7 nitrogen and oxygen atoms in total. The smallest absolute Gasteiger partial charge is 0.323 e. The fraction of sp³-hybridized carbons (Fsp3) is 0.750. The molecular weight excluding hydrogens is 250 g/mol. The van der Waals surface area contributed by atoms with Crippen molar-refractivity contribution in [1.29, 1.82) is 0 Å². The third kappa shape index (κ3) is 6.64. The van der Waals surface area contributed by atoms with E-state index in [0.29, 0.717) is 6.54 Å². The minimum Gasteiger partial charge on any atom is -0.480 e. The highest BCUT2D eigenvalue weighted by atomic mass is 16.4. The molecule has 0 aliphatic heterocycles. The number of unbranched alkanes of at least 4 members (excludes halogenated alkanes) is 1. The lowest BCUT2D eigenvalue weighted by Crippen LogP contribution is -2.50. The van der Waals surface area contributed by atoms with Gasteiger partial charge in [0.1, 0.15) is 13.1 Å². The van der Waals surface area contributed by atoms with Crippen LogP contribution in [0.15, 0.2) is 0 Å². The molecule has 110 valence electrons. The summed E-state index contributed by atoms with van der Waals surface area (Å²) in [6.45, 7) is 5.22. The van der Waals surface area contributed by atoms with Crippen LogP contribution < -0.4 is 5.73 Å². The SMILES string of the molecule is CCCCN(CC(N)=O)C(=O)N(CC(=O)O)C(C)C. The molecule has 7 heteroatoms. The molecule has 0 rings (SSSR count). The molecule has 0 radical (unpaired) electrons. The molecule has 0 atom stereocenters. The van der Waals surface area contributed by atoms with Crippen molar-refractivity contribution in [3.8, 4) is 0 Å². The first-order chi connectivity index (χ1) is 8.79. The third-order valence-corrected chi connectivity index (χ3v) is 2.57. The Kier molecular flexibility index (Phi) is 7.55. The van der Waals surface area contributed by atoms with Crippen LogP contribution in [0.1, 0.15) is 33.6 Å². The Bertz CT molecular complexity index is 331.